The second-order valence-corrected chi connectivity index (χ2v) is 2.79. The van der Waals surface area contributed by atoms with Crippen molar-refractivity contribution in [2.24, 2.45) is 0 Å². The van der Waals surface area contributed by atoms with Gasteiger partial charge in [-0.05, 0) is 13.3 Å². The van der Waals surface area contributed by atoms with Gasteiger partial charge < -0.3 is 4.98 Å². The molecule has 1 atom stereocenters. The maximum atomic E-state index is 5.21. The first-order valence-corrected chi connectivity index (χ1v) is 4.17. The summed E-state index contributed by atoms with van der Waals surface area (Å²) < 4.78 is 0. The molecule has 0 saturated heterocycles. The first-order chi connectivity index (χ1) is 5.83. The van der Waals surface area contributed by atoms with Crippen molar-refractivity contribution in [3.05, 3.63) is 18.2 Å². The van der Waals surface area contributed by atoms with Crippen LogP contribution in [-0.4, -0.2) is 16.0 Å². The Balaban J connectivity index is 2.11. The van der Waals surface area contributed by atoms with E-state index >= 15 is 0 Å². The third-order valence-corrected chi connectivity index (χ3v) is 1.68. The normalized spacial score (nSPS) is 13.2. The lowest BCUT2D eigenvalue weighted by Gasteiger charge is -2.09. The molecular formula is C8H15N3O. The molecule has 12 heavy (non-hydrogen) atoms. The molecule has 1 rings (SSSR count). The summed E-state index contributed by atoms with van der Waals surface area (Å²) in [6.07, 6.45) is 4.45. The fourth-order valence-corrected chi connectivity index (χ4v) is 0.709. The van der Waals surface area contributed by atoms with E-state index in [9.17, 15) is 0 Å². The standard InChI is InChI=1S/C8H15N3O/c1-3-7(2)11-12-5-8-4-9-6-10-8/h4,6-7,11H,3,5H2,1-2H3,(H,9,10). The Bertz CT molecular complexity index is 198. The van der Waals surface area contributed by atoms with Gasteiger partial charge in [0.2, 0.25) is 0 Å². The Kier molecular flexibility index (Phi) is 3.76. The number of aromatic nitrogens is 2. The maximum absolute atomic E-state index is 5.21. The van der Waals surface area contributed by atoms with Crippen LogP contribution < -0.4 is 5.48 Å². The molecule has 0 bridgehead atoms. The summed E-state index contributed by atoms with van der Waals surface area (Å²) in [5.41, 5.74) is 3.90. The van der Waals surface area contributed by atoms with Crippen LogP contribution in [0.5, 0.6) is 0 Å². The van der Waals surface area contributed by atoms with Gasteiger partial charge in [-0.25, -0.2) is 4.98 Å². The molecule has 0 spiro atoms. The lowest BCUT2D eigenvalue weighted by atomic mass is 10.3. The van der Waals surface area contributed by atoms with E-state index in [-0.39, 0.29) is 0 Å². The molecule has 0 aliphatic carbocycles. The number of hydrogen-bond donors (Lipinski definition) is 2. The highest BCUT2D eigenvalue weighted by atomic mass is 16.6. The lowest BCUT2D eigenvalue weighted by molar-refractivity contribution is 0.00530. The fourth-order valence-electron chi connectivity index (χ4n) is 0.709. The topological polar surface area (TPSA) is 49.9 Å². The molecular weight excluding hydrogens is 154 g/mol. The number of hydroxylamine groups is 1. The van der Waals surface area contributed by atoms with E-state index in [4.69, 9.17) is 4.84 Å². The first kappa shape index (κ1) is 9.22. The quantitative estimate of drug-likeness (QED) is 0.652. The highest BCUT2D eigenvalue weighted by molar-refractivity contribution is 4.90. The number of rotatable bonds is 5. The van der Waals surface area contributed by atoms with Crippen molar-refractivity contribution in [3.8, 4) is 0 Å². The Morgan fingerprint density at radius 2 is 2.58 bits per heavy atom. The molecule has 2 N–H and O–H groups in total. The second kappa shape index (κ2) is 4.90. The molecule has 1 aromatic rings. The van der Waals surface area contributed by atoms with Gasteiger partial charge in [-0.15, -0.1) is 0 Å². The van der Waals surface area contributed by atoms with Crippen LogP contribution in [0, 0.1) is 0 Å². The third-order valence-electron chi connectivity index (χ3n) is 1.68. The predicted molar refractivity (Wildman–Crippen MR) is 46.3 cm³/mol. The minimum absolute atomic E-state index is 0.396. The SMILES string of the molecule is CCC(C)NOCc1cnc[nH]1. The summed E-state index contributed by atoms with van der Waals surface area (Å²) >= 11 is 0. The molecule has 4 heteroatoms. The lowest BCUT2D eigenvalue weighted by Crippen LogP contribution is -2.25. The number of H-pyrrole nitrogens is 1. The minimum Gasteiger partial charge on any atom is -0.347 e. The van der Waals surface area contributed by atoms with E-state index in [1.165, 1.54) is 0 Å². The Morgan fingerprint density at radius 1 is 1.75 bits per heavy atom. The van der Waals surface area contributed by atoms with Crippen LogP contribution in [-0.2, 0) is 11.4 Å². The largest absolute Gasteiger partial charge is 0.347 e. The van der Waals surface area contributed by atoms with Gasteiger partial charge in [-0.3, -0.25) is 4.84 Å². The summed E-state index contributed by atoms with van der Waals surface area (Å²) in [5.74, 6) is 0. The molecule has 0 radical (unpaired) electrons. The van der Waals surface area contributed by atoms with Gasteiger partial charge in [0.15, 0.2) is 0 Å². The summed E-state index contributed by atoms with van der Waals surface area (Å²) in [7, 11) is 0. The maximum Gasteiger partial charge on any atom is 0.110 e. The molecule has 1 heterocycles. The smallest absolute Gasteiger partial charge is 0.110 e. The van der Waals surface area contributed by atoms with Crippen LogP contribution in [0.3, 0.4) is 0 Å². The average molecular weight is 169 g/mol. The first-order valence-electron chi connectivity index (χ1n) is 4.17. The van der Waals surface area contributed by atoms with Gasteiger partial charge in [-0.1, -0.05) is 6.92 Å². The monoisotopic (exact) mass is 169 g/mol. The van der Waals surface area contributed by atoms with Crippen LogP contribution in [0.25, 0.3) is 0 Å². The summed E-state index contributed by atoms with van der Waals surface area (Å²) in [6, 6.07) is 0.396. The highest BCUT2D eigenvalue weighted by Gasteiger charge is 1.97. The summed E-state index contributed by atoms with van der Waals surface area (Å²) in [6.45, 7) is 4.72. The van der Waals surface area contributed by atoms with Crippen molar-refractivity contribution in [2.75, 3.05) is 0 Å². The highest BCUT2D eigenvalue weighted by Crippen LogP contribution is 1.94. The Hall–Kier alpha value is -0.870. The molecule has 0 saturated carbocycles. The van der Waals surface area contributed by atoms with Crippen molar-refractivity contribution in [1.29, 1.82) is 0 Å². The summed E-state index contributed by atoms with van der Waals surface area (Å²) in [5, 5.41) is 0. The van der Waals surface area contributed by atoms with E-state index in [1.54, 1.807) is 12.5 Å². The van der Waals surface area contributed by atoms with Crippen molar-refractivity contribution < 1.29 is 4.84 Å². The molecule has 0 aromatic carbocycles. The number of aromatic amines is 1. The van der Waals surface area contributed by atoms with Gasteiger partial charge in [0.05, 0.1) is 18.2 Å². The molecule has 0 amide bonds. The van der Waals surface area contributed by atoms with Gasteiger partial charge in [0, 0.05) is 6.04 Å². The molecule has 4 nitrogen and oxygen atoms in total. The molecule has 0 aliphatic rings. The van der Waals surface area contributed by atoms with Crippen molar-refractivity contribution in [3.63, 3.8) is 0 Å². The van der Waals surface area contributed by atoms with E-state index in [0.29, 0.717) is 12.6 Å². The third kappa shape index (κ3) is 3.02. The molecule has 0 fully saturated rings. The van der Waals surface area contributed by atoms with Crippen molar-refractivity contribution in [1.82, 2.24) is 15.4 Å². The zero-order valence-corrected chi connectivity index (χ0v) is 7.50. The molecule has 68 valence electrons. The van der Waals surface area contributed by atoms with E-state index < -0.39 is 0 Å². The minimum atomic E-state index is 0.396. The number of hydrogen-bond acceptors (Lipinski definition) is 3. The average Bonchev–Trinajstić information content (AvgIpc) is 2.57. The molecule has 1 aromatic heterocycles. The van der Waals surface area contributed by atoms with E-state index in [2.05, 4.69) is 29.3 Å². The van der Waals surface area contributed by atoms with Crippen LogP contribution in [0.1, 0.15) is 26.0 Å². The fraction of sp³-hybridized carbons (Fsp3) is 0.625. The van der Waals surface area contributed by atoms with Gasteiger partial charge in [-0.2, -0.15) is 5.48 Å². The number of imidazole rings is 1. The van der Waals surface area contributed by atoms with Gasteiger partial charge >= 0.3 is 0 Å². The van der Waals surface area contributed by atoms with E-state index in [0.717, 1.165) is 12.1 Å². The second-order valence-electron chi connectivity index (χ2n) is 2.79. The van der Waals surface area contributed by atoms with Crippen LogP contribution >= 0.6 is 0 Å². The summed E-state index contributed by atoms with van der Waals surface area (Å²) in [4.78, 5) is 12.0. The van der Waals surface area contributed by atoms with Crippen LogP contribution in [0.4, 0.5) is 0 Å². The predicted octanol–water partition coefficient (Wildman–Crippen LogP) is 1.23. The molecule has 0 aliphatic heterocycles. The van der Waals surface area contributed by atoms with E-state index in [1.807, 2.05) is 0 Å². The number of nitrogens with one attached hydrogen (secondary N) is 2. The zero-order valence-electron chi connectivity index (χ0n) is 7.50. The van der Waals surface area contributed by atoms with Crippen molar-refractivity contribution >= 4 is 0 Å². The van der Waals surface area contributed by atoms with Crippen LogP contribution in [0.15, 0.2) is 12.5 Å². The Morgan fingerprint density at radius 3 is 3.17 bits per heavy atom. The van der Waals surface area contributed by atoms with Crippen LogP contribution in [0.2, 0.25) is 0 Å². The number of nitrogens with zero attached hydrogens (tertiary/aromatic N) is 1. The Labute approximate surface area is 72.3 Å². The molecule has 1 unspecified atom stereocenters. The van der Waals surface area contributed by atoms with Gasteiger partial charge in [0.25, 0.3) is 0 Å². The zero-order chi connectivity index (χ0) is 8.81. The van der Waals surface area contributed by atoms with Gasteiger partial charge in [0.1, 0.15) is 6.61 Å². The van der Waals surface area contributed by atoms with Crippen molar-refractivity contribution in [2.45, 2.75) is 32.9 Å².